The first-order chi connectivity index (χ1) is 28.8. The van der Waals surface area contributed by atoms with Crippen molar-refractivity contribution < 1.29 is 0 Å². The molecule has 0 bridgehead atoms. The third-order valence-corrected chi connectivity index (χ3v) is 11.6. The minimum absolute atomic E-state index is 1.09. The fourth-order valence-electron chi connectivity index (χ4n) is 8.87. The molecule has 0 saturated carbocycles. The van der Waals surface area contributed by atoms with Crippen molar-refractivity contribution in [1.29, 1.82) is 0 Å². The van der Waals surface area contributed by atoms with E-state index in [2.05, 4.69) is 240 Å². The van der Waals surface area contributed by atoms with Crippen molar-refractivity contribution >= 4 is 60.4 Å². The second-order valence-electron chi connectivity index (χ2n) is 14.9. The van der Waals surface area contributed by atoms with Crippen LogP contribution in [0, 0.1) is 0 Å². The van der Waals surface area contributed by atoms with Gasteiger partial charge in [0.25, 0.3) is 0 Å². The highest BCUT2D eigenvalue weighted by Gasteiger charge is 2.18. The molecule has 11 aromatic rings. The van der Waals surface area contributed by atoms with Gasteiger partial charge in [-0.25, -0.2) is 0 Å². The van der Waals surface area contributed by atoms with Crippen LogP contribution in [0.1, 0.15) is 0 Å². The van der Waals surface area contributed by atoms with Crippen molar-refractivity contribution in [1.82, 2.24) is 4.57 Å². The highest BCUT2D eigenvalue weighted by atomic mass is 15.1. The second-order valence-corrected chi connectivity index (χ2v) is 14.9. The lowest BCUT2D eigenvalue weighted by molar-refractivity contribution is 1.18. The first kappa shape index (κ1) is 33.6. The molecule has 0 aliphatic heterocycles. The van der Waals surface area contributed by atoms with Crippen LogP contribution in [-0.4, -0.2) is 4.57 Å². The van der Waals surface area contributed by atoms with Crippen molar-refractivity contribution in [2.45, 2.75) is 0 Å². The van der Waals surface area contributed by atoms with Crippen molar-refractivity contribution in [3.8, 4) is 39.1 Å². The first-order valence-corrected chi connectivity index (χ1v) is 19.9. The Morgan fingerprint density at radius 1 is 0.259 bits per heavy atom. The van der Waals surface area contributed by atoms with E-state index in [4.69, 9.17) is 0 Å². The van der Waals surface area contributed by atoms with E-state index in [0.717, 1.165) is 22.7 Å². The molecule has 0 unspecified atom stereocenters. The molecule has 0 saturated heterocycles. The number of aromatic nitrogens is 1. The number of hydrogen-bond donors (Lipinski definition) is 0. The second kappa shape index (κ2) is 14.1. The third-order valence-electron chi connectivity index (χ3n) is 11.6. The Hall–Kier alpha value is -7.68. The Bertz CT molecular complexity index is 3080. The van der Waals surface area contributed by atoms with Gasteiger partial charge in [0.15, 0.2) is 0 Å². The summed E-state index contributed by atoms with van der Waals surface area (Å²) in [5.74, 6) is 0. The molecule has 0 N–H and O–H groups in total. The van der Waals surface area contributed by atoms with Crippen LogP contribution in [-0.2, 0) is 0 Å². The van der Waals surface area contributed by atoms with E-state index in [0.29, 0.717) is 0 Å². The smallest absolute Gasteiger partial charge is 0.0541 e. The van der Waals surface area contributed by atoms with Gasteiger partial charge >= 0.3 is 0 Å². The molecule has 58 heavy (non-hydrogen) atoms. The van der Waals surface area contributed by atoms with Crippen LogP contribution in [0.5, 0.6) is 0 Å². The Morgan fingerprint density at radius 2 is 0.603 bits per heavy atom. The molecule has 10 aromatic carbocycles. The Labute approximate surface area is 338 Å². The van der Waals surface area contributed by atoms with Gasteiger partial charge in [-0.05, 0) is 104 Å². The highest BCUT2D eigenvalue weighted by molar-refractivity contribution is 6.10. The molecule has 0 amide bonds. The largest absolute Gasteiger partial charge is 0.311 e. The zero-order chi connectivity index (χ0) is 38.4. The first-order valence-electron chi connectivity index (χ1n) is 19.9. The summed E-state index contributed by atoms with van der Waals surface area (Å²) in [6.45, 7) is 0. The van der Waals surface area contributed by atoms with E-state index in [1.54, 1.807) is 0 Å². The van der Waals surface area contributed by atoms with Crippen LogP contribution >= 0.6 is 0 Å². The molecule has 0 radical (unpaired) electrons. The topological polar surface area (TPSA) is 8.17 Å². The molecule has 0 aliphatic rings. The van der Waals surface area contributed by atoms with Gasteiger partial charge in [-0.2, -0.15) is 0 Å². The number of anilines is 3. The minimum atomic E-state index is 1.09. The number of benzene rings is 10. The SMILES string of the molecule is c1ccc(-n2c3ccccc3c3ccccc32)c(-c2ccc(N(c3ccc(-c4cccc5ccccc45)cc3)c3ccc(-c4cccc5ccccc45)cc3)cc2)c1. The Balaban J connectivity index is 1.01. The Kier molecular flexibility index (Phi) is 8.19. The van der Waals surface area contributed by atoms with Crippen LogP contribution in [0.3, 0.4) is 0 Å². The van der Waals surface area contributed by atoms with E-state index in [1.807, 2.05) is 0 Å². The van der Waals surface area contributed by atoms with Gasteiger partial charge < -0.3 is 9.47 Å². The maximum Gasteiger partial charge on any atom is 0.0541 e. The number of nitrogens with zero attached hydrogens (tertiary/aromatic N) is 2. The van der Waals surface area contributed by atoms with Crippen molar-refractivity contribution in [3.05, 3.63) is 231 Å². The summed E-state index contributed by atoms with van der Waals surface area (Å²) >= 11 is 0. The van der Waals surface area contributed by atoms with Gasteiger partial charge in [0, 0.05) is 33.4 Å². The molecular formula is C56H38N2. The van der Waals surface area contributed by atoms with Gasteiger partial charge in [0.05, 0.1) is 16.7 Å². The van der Waals surface area contributed by atoms with Crippen molar-refractivity contribution in [2.75, 3.05) is 4.90 Å². The lowest BCUT2D eigenvalue weighted by Crippen LogP contribution is -2.09. The summed E-state index contributed by atoms with van der Waals surface area (Å²) in [5.41, 5.74) is 14.1. The highest BCUT2D eigenvalue weighted by Crippen LogP contribution is 2.41. The lowest BCUT2D eigenvalue weighted by Gasteiger charge is -2.26. The maximum absolute atomic E-state index is 2.41. The fourth-order valence-corrected chi connectivity index (χ4v) is 8.87. The van der Waals surface area contributed by atoms with Gasteiger partial charge in [-0.1, -0.05) is 176 Å². The van der Waals surface area contributed by atoms with E-state index in [-0.39, 0.29) is 0 Å². The number of para-hydroxylation sites is 3. The number of fused-ring (bicyclic) bond motifs is 5. The maximum atomic E-state index is 2.41. The van der Waals surface area contributed by atoms with Crippen molar-refractivity contribution in [3.63, 3.8) is 0 Å². The van der Waals surface area contributed by atoms with Gasteiger partial charge in [-0.15, -0.1) is 0 Å². The van der Waals surface area contributed by atoms with Crippen LogP contribution in [0.15, 0.2) is 231 Å². The normalized spacial score (nSPS) is 11.4. The standard InChI is InChI=1S/C56H38N2/c1-3-17-47-39(13-1)15-11-22-49(47)41-27-33-44(34-28-41)57(45-35-29-42(30-36-45)50-23-12-16-40-14-2-4-18-48(40)50)46-37-31-43(32-38-46)51-19-5-8-24-54(51)58-55-25-9-6-20-52(55)53-21-7-10-26-56(53)58/h1-38H. The van der Waals surface area contributed by atoms with E-state index in [1.165, 1.54) is 76.7 Å². The van der Waals surface area contributed by atoms with Crippen LogP contribution in [0.4, 0.5) is 17.1 Å². The summed E-state index contributed by atoms with van der Waals surface area (Å²) in [6, 6.07) is 83.6. The molecule has 0 fully saturated rings. The van der Waals surface area contributed by atoms with Gasteiger partial charge in [0.2, 0.25) is 0 Å². The van der Waals surface area contributed by atoms with E-state index < -0.39 is 0 Å². The molecule has 0 atom stereocenters. The summed E-state index contributed by atoms with van der Waals surface area (Å²) in [5, 5.41) is 7.54. The molecule has 272 valence electrons. The van der Waals surface area contributed by atoms with Crippen LogP contribution in [0.2, 0.25) is 0 Å². The Morgan fingerprint density at radius 3 is 1.09 bits per heavy atom. The minimum Gasteiger partial charge on any atom is -0.311 e. The van der Waals surface area contributed by atoms with Crippen molar-refractivity contribution in [2.24, 2.45) is 0 Å². The molecule has 0 spiro atoms. The van der Waals surface area contributed by atoms with Crippen LogP contribution < -0.4 is 4.90 Å². The number of rotatable bonds is 7. The monoisotopic (exact) mass is 738 g/mol. The zero-order valence-electron chi connectivity index (χ0n) is 31.8. The molecule has 2 heteroatoms. The van der Waals surface area contributed by atoms with E-state index in [9.17, 15) is 0 Å². The molecule has 1 aromatic heterocycles. The fraction of sp³-hybridized carbons (Fsp3) is 0. The predicted octanol–water partition coefficient (Wildman–Crippen LogP) is 15.6. The lowest BCUT2D eigenvalue weighted by atomic mass is 9.97. The molecule has 11 rings (SSSR count). The number of hydrogen-bond acceptors (Lipinski definition) is 1. The molecule has 1 heterocycles. The zero-order valence-corrected chi connectivity index (χ0v) is 31.8. The summed E-state index contributed by atoms with van der Waals surface area (Å²) in [7, 11) is 0. The average molecular weight is 739 g/mol. The summed E-state index contributed by atoms with van der Waals surface area (Å²) in [4.78, 5) is 2.36. The summed E-state index contributed by atoms with van der Waals surface area (Å²) in [6.07, 6.45) is 0. The summed E-state index contributed by atoms with van der Waals surface area (Å²) < 4.78 is 2.41. The van der Waals surface area contributed by atoms with E-state index >= 15 is 0 Å². The third kappa shape index (κ3) is 5.74. The van der Waals surface area contributed by atoms with Gasteiger partial charge in [-0.3, -0.25) is 0 Å². The quantitative estimate of drug-likeness (QED) is 0.158. The molecular weight excluding hydrogens is 701 g/mol. The average Bonchev–Trinajstić information content (AvgIpc) is 3.64. The molecule has 2 nitrogen and oxygen atoms in total. The predicted molar refractivity (Wildman–Crippen MR) is 247 cm³/mol. The van der Waals surface area contributed by atoms with Gasteiger partial charge in [0.1, 0.15) is 0 Å². The van der Waals surface area contributed by atoms with Crippen LogP contribution in [0.25, 0.3) is 82.4 Å². The molecule has 0 aliphatic carbocycles.